The van der Waals surface area contributed by atoms with Crippen LogP contribution in [-0.4, -0.2) is 6.10 Å². The fraction of sp³-hybridized carbons (Fsp3) is 0.231. The van der Waals surface area contributed by atoms with Crippen molar-refractivity contribution in [2.24, 2.45) is 0 Å². The summed E-state index contributed by atoms with van der Waals surface area (Å²) in [5, 5.41) is 2.11. The summed E-state index contributed by atoms with van der Waals surface area (Å²) in [6.07, 6.45) is 1.78. The number of hydrogen-bond acceptors (Lipinski definition) is 2. The average molecular weight is 216 g/mol. The van der Waals surface area contributed by atoms with Gasteiger partial charge in [-0.3, -0.25) is 0 Å². The minimum absolute atomic E-state index is 0.352. The molecule has 1 fully saturated rings. The Balaban J connectivity index is 1.64. The Bertz CT molecular complexity index is 421. The largest absolute Gasteiger partial charge is 0.363 e. The molecule has 0 radical (unpaired) electrons. The SMILES string of the molecule is c1ccc(C[C@@H]2O[C@@H]2c2cccs2)cc1. The molecule has 3 rings (SSSR count). The van der Waals surface area contributed by atoms with Crippen LogP contribution in [0.1, 0.15) is 16.5 Å². The van der Waals surface area contributed by atoms with Crippen molar-refractivity contribution in [2.75, 3.05) is 0 Å². The number of benzene rings is 1. The molecule has 2 aromatic rings. The van der Waals surface area contributed by atoms with Crippen LogP contribution in [0.4, 0.5) is 0 Å². The van der Waals surface area contributed by atoms with Crippen LogP contribution < -0.4 is 0 Å². The lowest BCUT2D eigenvalue weighted by molar-refractivity contribution is 0.374. The van der Waals surface area contributed by atoms with E-state index in [1.807, 2.05) is 6.07 Å². The molecule has 1 aliphatic heterocycles. The van der Waals surface area contributed by atoms with Gasteiger partial charge in [0.2, 0.25) is 0 Å². The van der Waals surface area contributed by atoms with Gasteiger partial charge in [-0.2, -0.15) is 0 Å². The maximum Gasteiger partial charge on any atom is 0.119 e. The zero-order valence-electron chi connectivity index (χ0n) is 8.30. The predicted octanol–water partition coefficient (Wildman–Crippen LogP) is 3.43. The molecule has 1 aromatic carbocycles. The van der Waals surface area contributed by atoms with E-state index in [1.54, 1.807) is 11.3 Å². The number of rotatable bonds is 3. The lowest BCUT2D eigenvalue weighted by Crippen LogP contribution is -1.93. The molecule has 1 aliphatic rings. The van der Waals surface area contributed by atoms with Gasteiger partial charge in [-0.25, -0.2) is 0 Å². The number of epoxide rings is 1. The molecule has 1 saturated heterocycles. The Morgan fingerprint density at radius 1 is 1.07 bits per heavy atom. The third kappa shape index (κ3) is 1.96. The van der Waals surface area contributed by atoms with Crippen molar-refractivity contribution >= 4 is 11.3 Å². The smallest absolute Gasteiger partial charge is 0.119 e. The molecule has 0 amide bonds. The Kier molecular flexibility index (Phi) is 2.31. The Morgan fingerprint density at radius 3 is 2.67 bits per heavy atom. The molecule has 15 heavy (non-hydrogen) atoms. The minimum atomic E-state index is 0.352. The van der Waals surface area contributed by atoms with Crippen LogP contribution in [0.15, 0.2) is 47.8 Å². The molecular weight excluding hydrogens is 204 g/mol. The Labute approximate surface area is 93.3 Å². The van der Waals surface area contributed by atoms with Crippen LogP contribution in [0, 0.1) is 0 Å². The van der Waals surface area contributed by atoms with Gasteiger partial charge in [0.05, 0.1) is 6.10 Å². The summed E-state index contributed by atoms with van der Waals surface area (Å²) in [6.45, 7) is 0. The third-order valence-electron chi connectivity index (χ3n) is 2.69. The molecule has 1 aromatic heterocycles. The Morgan fingerprint density at radius 2 is 1.93 bits per heavy atom. The normalized spacial score (nSPS) is 24.0. The second-order valence-corrected chi connectivity index (χ2v) is 4.78. The highest BCUT2D eigenvalue weighted by Gasteiger charge is 2.40. The summed E-state index contributed by atoms with van der Waals surface area (Å²) in [4.78, 5) is 1.36. The first kappa shape index (κ1) is 9.13. The zero-order valence-corrected chi connectivity index (χ0v) is 9.11. The van der Waals surface area contributed by atoms with E-state index in [0.717, 1.165) is 6.42 Å². The van der Waals surface area contributed by atoms with Crippen LogP contribution in [0.25, 0.3) is 0 Å². The molecule has 2 heteroatoms. The van der Waals surface area contributed by atoms with Crippen LogP contribution in [0.3, 0.4) is 0 Å². The number of hydrogen-bond donors (Lipinski definition) is 0. The highest BCUT2D eigenvalue weighted by Crippen LogP contribution is 2.42. The standard InChI is InChI=1S/C13H12OS/c1-2-5-10(6-3-1)9-11-13(14-11)12-7-4-8-15-12/h1-8,11,13H,9H2/t11-,13-/m0/s1. The minimum Gasteiger partial charge on any atom is -0.363 e. The molecule has 76 valence electrons. The van der Waals surface area contributed by atoms with E-state index < -0.39 is 0 Å². The van der Waals surface area contributed by atoms with Gasteiger partial charge in [-0.05, 0) is 17.0 Å². The molecule has 2 atom stereocenters. The van der Waals surface area contributed by atoms with Gasteiger partial charge >= 0.3 is 0 Å². The van der Waals surface area contributed by atoms with E-state index in [2.05, 4.69) is 41.8 Å². The first-order chi connectivity index (χ1) is 7.43. The second-order valence-electron chi connectivity index (χ2n) is 3.80. The van der Waals surface area contributed by atoms with Gasteiger partial charge in [-0.15, -0.1) is 11.3 Å². The monoisotopic (exact) mass is 216 g/mol. The van der Waals surface area contributed by atoms with E-state index in [1.165, 1.54) is 10.4 Å². The summed E-state index contributed by atoms with van der Waals surface area (Å²) >= 11 is 1.78. The lowest BCUT2D eigenvalue weighted by Gasteiger charge is -1.95. The van der Waals surface area contributed by atoms with E-state index in [-0.39, 0.29) is 0 Å². The molecular formula is C13H12OS. The molecule has 0 unspecified atom stereocenters. The predicted molar refractivity (Wildman–Crippen MR) is 62.1 cm³/mol. The van der Waals surface area contributed by atoms with Crippen molar-refractivity contribution in [3.05, 3.63) is 58.3 Å². The van der Waals surface area contributed by atoms with E-state index in [0.29, 0.717) is 12.2 Å². The topological polar surface area (TPSA) is 12.5 Å². The van der Waals surface area contributed by atoms with Gasteiger partial charge in [0.1, 0.15) is 6.10 Å². The first-order valence-electron chi connectivity index (χ1n) is 5.16. The maximum atomic E-state index is 5.68. The van der Waals surface area contributed by atoms with Crippen molar-refractivity contribution < 1.29 is 4.74 Å². The summed E-state index contributed by atoms with van der Waals surface area (Å²) in [5.41, 5.74) is 1.36. The fourth-order valence-electron chi connectivity index (χ4n) is 1.85. The van der Waals surface area contributed by atoms with E-state index in [9.17, 15) is 0 Å². The van der Waals surface area contributed by atoms with Crippen molar-refractivity contribution in [1.29, 1.82) is 0 Å². The summed E-state index contributed by atoms with van der Waals surface area (Å²) in [5.74, 6) is 0. The summed E-state index contributed by atoms with van der Waals surface area (Å²) in [7, 11) is 0. The molecule has 0 saturated carbocycles. The molecule has 0 bridgehead atoms. The third-order valence-corrected chi connectivity index (χ3v) is 3.62. The van der Waals surface area contributed by atoms with Crippen molar-refractivity contribution in [3.63, 3.8) is 0 Å². The zero-order chi connectivity index (χ0) is 10.1. The average Bonchev–Trinajstić information content (AvgIpc) is 2.82. The first-order valence-corrected chi connectivity index (χ1v) is 6.04. The van der Waals surface area contributed by atoms with E-state index in [4.69, 9.17) is 4.74 Å². The Hall–Kier alpha value is -1.12. The quantitative estimate of drug-likeness (QED) is 0.716. The van der Waals surface area contributed by atoms with Gasteiger partial charge in [0.25, 0.3) is 0 Å². The molecule has 1 nitrogen and oxygen atoms in total. The van der Waals surface area contributed by atoms with Gasteiger partial charge < -0.3 is 4.74 Å². The van der Waals surface area contributed by atoms with Crippen LogP contribution >= 0.6 is 11.3 Å². The van der Waals surface area contributed by atoms with Crippen LogP contribution in [0.5, 0.6) is 0 Å². The molecule has 0 aliphatic carbocycles. The summed E-state index contributed by atoms with van der Waals surface area (Å²) in [6, 6.07) is 14.8. The van der Waals surface area contributed by atoms with Crippen LogP contribution in [-0.2, 0) is 11.2 Å². The van der Waals surface area contributed by atoms with Crippen molar-refractivity contribution in [3.8, 4) is 0 Å². The number of ether oxygens (including phenoxy) is 1. The highest BCUT2D eigenvalue weighted by molar-refractivity contribution is 7.10. The fourth-order valence-corrected chi connectivity index (χ4v) is 2.66. The van der Waals surface area contributed by atoms with Crippen molar-refractivity contribution in [2.45, 2.75) is 18.6 Å². The highest BCUT2D eigenvalue weighted by atomic mass is 32.1. The van der Waals surface area contributed by atoms with E-state index >= 15 is 0 Å². The van der Waals surface area contributed by atoms with Gasteiger partial charge in [0.15, 0.2) is 0 Å². The molecule has 2 heterocycles. The van der Waals surface area contributed by atoms with Crippen LogP contribution in [0.2, 0.25) is 0 Å². The van der Waals surface area contributed by atoms with Gasteiger partial charge in [0, 0.05) is 11.3 Å². The maximum absolute atomic E-state index is 5.68. The molecule has 0 spiro atoms. The lowest BCUT2D eigenvalue weighted by atomic mass is 10.1. The second kappa shape index (κ2) is 3.80. The van der Waals surface area contributed by atoms with Crippen molar-refractivity contribution in [1.82, 2.24) is 0 Å². The molecule has 0 N–H and O–H groups in total. The van der Waals surface area contributed by atoms with Gasteiger partial charge in [-0.1, -0.05) is 36.4 Å². The summed E-state index contributed by atoms with van der Waals surface area (Å²) < 4.78 is 5.68. The number of thiophene rings is 1.